The number of nitrogens with zero attached hydrogens (tertiary/aromatic N) is 1. The second kappa shape index (κ2) is 8.69. The molecule has 6 nitrogen and oxygen atoms in total. The van der Waals surface area contributed by atoms with Gasteiger partial charge in [0.25, 0.3) is 0 Å². The van der Waals surface area contributed by atoms with E-state index in [0.717, 1.165) is 4.31 Å². The number of rotatable bonds is 8. The molecule has 0 unspecified atom stereocenters. The van der Waals surface area contributed by atoms with E-state index >= 15 is 0 Å². The number of amides is 1. The summed E-state index contributed by atoms with van der Waals surface area (Å²) in [5, 5.41) is 2.92. The molecule has 0 aromatic heterocycles. The van der Waals surface area contributed by atoms with E-state index in [0.29, 0.717) is 19.6 Å². The maximum absolute atomic E-state index is 12.4. The third-order valence-electron chi connectivity index (χ3n) is 2.80. The van der Waals surface area contributed by atoms with Crippen LogP contribution in [0.4, 0.5) is 0 Å². The van der Waals surface area contributed by atoms with Crippen LogP contribution >= 0.6 is 23.2 Å². The third kappa shape index (κ3) is 5.40. The van der Waals surface area contributed by atoms with E-state index in [-0.39, 0.29) is 21.5 Å². The molecule has 124 valence electrons. The lowest BCUT2D eigenvalue weighted by Gasteiger charge is -2.17. The number of methoxy groups -OCH3 is 1. The van der Waals surface area contributed by atoms with Gasteiger partial charge in [-0.3, -0.25) is 4.79 Å². The molecular weight excluding hydrogens is 351 g/mol. The van der Waals surface area contributed by atoms with Crippen molar-refractivity contribution in [3.63, 3.8) is 0 Å². The second-order valence-electron chi connectivity index (χ2n) is 4.53. The Morgan fingerprint density at radius 2 is 2.05 bits per heavy atom. The van der Waals surface area contributed by atoms with Gasteiger partial charge in [0.15, 0.2) is 0 Å². The number of halogens is 2. The van der Waals surface area contributed by atoms with Gasteiger partial charge in [-0.2, -0.15) is 4.31 Å². The standard InChI is InChI=1S/C13H18Cl2N2O4S/c1-17(9-13(18)16-6-3-7-21-2)22(19,20)12-8-10(14)4-5-11(12)15/h4-5,8H,3,6-7,9H2,1-2H3,(H,16,18). The summed E-state index contributed by atoms with van der Waals surface area (Å²) in [6.07, 6.45) is 0.652. The number of nitrogens with one attached hydrogen (secondary N) is 1. The molecule has 0 heterocycles. The van der Waals surface area contributed by atoms with Gasteiger partial charge in [-0.25, -0.2) is 8.42 Å². The molecule has 0 fully saturated rings. The van der Waals surface area contributed by atoms with Crippen molar-refractivity contribution in [1.82, 2.24) is 9.62 Å². The minimum absolute atomic E-state index is 0.0525. The Labute approximate surface area is 140 Å². The fraction of sp³-hybridized carbons (Fsp3) is 0.462. The highest BCUT2D eigenvalue weighted by molar-refractivity contribution is 7.89. The lowest BCUT2D eigenvalue weighted by molar-refractivity contribution is -0.121. The lowest BCUT2D eigenvalue weighted by Crippen LogP contribution is -2.38. The van der Waals surface area contributed by atoms with Gasteiger partial charge in [-0.05, 0) is 24.6 Å². The minimum atomic E-state index is -3.89. The van der Waals surface area contributed by atoms with E-state index < -0.39 is 15.9 Å². The van der Waals surface area contributed by atoms with Crippen LogP contribution < -0.4 is 5.32 Å². The van der Waals surface area contributed by atoms with Gasteiger partial charge in [0.1, 0.15) is 4.90 Å². The summed E-state index contributed by atoms with van der Waals surface area (Å²) in [5.41, 5.74) is 0. The SMILES string of the molecule is COCCCNC(=O)CN(C)S(=O)(=O)c1cc(Cl)ccc1Cl. The van der Waals surface area contributed by atoms with Crippen molar-refractivity contribution >= 4 is 39.1 Å². The molecule has 1 rings (SSSR count). The van der Waals surface area contributed by atoms with Gasteiger partial charge in [0.05, 0.1) is 11.6 Å². The number of likely N-dealkylation sites (N-methyl/N-ethyl adjacent to an activating group) is 1. The Hall–Kier alpha value is -0.860. The maximum atomic E-state index is 12.4. The molecule has 0 bridgehead atoms. The van der Waals surface area contributed by atoms with Gasteiger partial charge in [0, 0.05) is 32.3 Å². The topological polar surface area (TPSA) is 75.7 Å². The van der Waals surface area contributed by atoms with Crippen LogP contribution in [0.25, 0.3) is 0 Å². The number of carbonyl (C=O) groups excluding carboxylic acids is 1. The number of hydrogen-bond donors (Lipinski definition) is 1. The van der Waals surface area contributed by atoms with Crippen molar-refractivity contribution in [1.29, 1.82) is 0 Å². The fourth-order valence-electron chi connectivity index (χ4n) is 1.63. The molecule has 1 N–H and O–H groups in total. The van der Waals surface area contributed by atoms with Crippen LogP contribution in [0.2, 0.25) is 10.0 Å². The summed E-state index contributed by atoms with van der Waals surface area (Å²) in [5.74, 6) is -0.402. The second-order valence-corrected chi connectivity index (χ2v) is 7.39. The third-order valence-corrected chi connectivity index (χ3v) is 5.32. The Kier molecular flexibility index (Phi) is 7.58. The Morgan fingerprint density at radius 1 is 1.36 bits per heavy atom. The Morgan fingerprint density at radius 3 is 2.68 bits per heavy atom. The molecule has 1 aromatic rings. The first-order valence-electron chi connectivity index (χ1n) is 6.46. The molecule has 0 aliphatic rings. The van der Waals surface area contributed by atoms with Crippen molar-refractivity contribution < 1.29 is 17.9 Å². The van der Waals surface area contributed by atoms with Crippen molar-refractivity contribution in [3.05, 3.63) is 28.2 Å². The maximum Gasteiger partial charge on any atom is 0.244 e. The zero-order chi connectivity index (χ0) is 16.8. The van der Waals surface area contributed by atoms with Crippen LogP contribution in [-0.4, -0.2) is 52.5 Å². The zero-order valence-electron chi connectivity index (χ0n) is 12.3. The summed E-state index contributed by atoms with van der Waals surface area (Å²) < 4.78 is 30.6. The molecule has 1 aromatic carbocycles. The monoisotopic (exact) mass is 368 g/mol. The highest BCUT2D eigenvalue weighted by atomic mass is 35.5. The summed E-state index contributed by atoms with van der Waals surface area (Å²) in [4.78, 5) is 11.6. The minimum Gasteiger partial charge on any atom is -0.385 e. The molecule has 22 heavy (non-hydrogen) atoms. The number of benzene rings is 1. The number of hydrogen-bond acceptors (Lipinski definition) is 4. The summed E-state index contributed by atoms with van der Waals surface area (Å²) in [6.45, 7) is 0.628. The average Bonchev–Trinajstić information content (AvgIpc) is 2.46. The van der Waals surface area contributed by atoms with E-state index in [1.807, 2.05) is 0 Å². The van der Waals surface area contributed by atoms with Gasteiger partial charge >= 0.3 is 0 Å². The highest BCUT2D eigenvalue weighted by Gasteiger charge is 2.25. The predicted molar refractivity (Wildman–Crippen MR) is 85.8 cm³/mol. The van der Waals surface area contributed by atoms with Crippen LogP contribution in [0.5, 0.6) is 0 Å². The van der Waals surface area contributed by atoms with Crippen LogP contribution in [-0.2, 0) is 19.6 Å². The van der Waals surface area contributed by atoms with Gasteiger partial charge in [-0.1, -0.05) is 23.2 Å². The summed E-state index contributed by atoms with van der Waals surface area (Å²) >= 11 is 11.7. The molecule has 9 heteroatoms. The molecule has 0 spiro atoms. The van der Waals surface area contributed by atoms with Crippen LogP contribution in [0.15, 0.2) is 23.1 Å². The molecule has 1 amide bonds. The van der Waals surface area contributed by atoms with Crippen molar-refractivity contribution in [2.45, 2.75) is 11.3 Å². The summed E-state index contributed by atoms with van der Waals surface area (Å²) in [6, 6.07) is 4.15. The summed E-state index contributed by atoms with van der Waals surface area (Å²) in [7, 11) is -1.02. The molecule has 0 saturated heterocycles. The van der Waals surface area contributed by atoms with Crippen LogP contribution in [0.3, 0.4) is 0 Å². The number of sulfonamides is 1. The highest BCUT2D eigenvalue weighted by Crippen LogP contribution is 2.26. The number of carbonyl (C=O) groups is 1. The largest absolute Gasteiger partial charge is 0.385 e. The van der Waals surface area contributed by atoms with E-state index in [9.17, 15) is 13.2 Å². The van der Waals surface area contributed by atoms with Gasteiger partial charge in [0.2, 0.25) is 15.9 Å². The zero-order valence-corrected chi connectivity index (χ0v) is 14.6. The number of ether oxygens (including phenoxy) is 1. The van der Waals surface area contributed by atoms with Crippen molar-refractivity contribution in [2.24, 2.45) is 0 Å². The van der Waals surface area contributed by atoms with Crippen LogP contribution in [0.1, 0.15) is 6.42 Å². The van der Waals surface area contributed by atoms with Gasteiger partial charge in [-0.15, -0.1) is 0 Å². The van der Waals surface area contributed by atoms with Crippen molar-refractivity contribution in [2.75, 3.05) is 33.9 Å². The van der Waals surface area contributed by atoms with E-state index in [1.54, 1.807) is 7.11 Å². The molecule has 0 aliphatic carbocycles. The Balaban J connectivity index is 2.72. The van der Waals surface area contributed by atoms with E-state index in [4.69, 9.17) is 27.9 Å². The Bertz CT molecular complexity index is 622. The van der Waals surface area contributed by atoms with E-state index in [1.165, 1.54) is 25.2 Å². The molecule has 0 saturated carbocycles. The predicted octanol–water partition coefficient (Wildman–Crippen LogP) is 1.77. The smallest absolute Gasteiger partial charge is 0.244 e. The lowest BCUT2D eigenvalue weighted by atomic mass is 10.4. The fourth-order valence-corrected chi connectivity index (χ4v) is 3.49. The molecule has 0 atom stereocenters. The average molecular weight is 369 g/mol. The molecule has 0 aliphatic heterocycles. The van der Waals surface area contributed by atoms with Crippen LogP contribution in [0, 0.1) is 0 Å². The normalized spacial score (nSPS) is 11.7. The first-order valence-corrected chi connectivity index (χ1v) is 8.65. The quantitative estimate of drug-likeness (QED) is 0.709. The van der Waals surface area contributed by atoms with Gasteiger partial charge < -0.3 is 10.1 Å². The molecule has 0 radical (unpaired) electrons. The van der Waals surface area contributed by atoms with Crippen molar-refractivity contribution in [3.8, 4) is 0 Å². The molecular formula is C13H18Cl2N2O4S. The first kappa shape index (κ1) is 19.2. The first-order chi connectivity index (χ1) is 10.3. The van der Waals surface area contributed by atoms with E-state index in [2.05, 4.69) is 5.32 Å².